The molecule has 1 aliphatic heterocycles. The molecule has 0 bridgehead atoms. The SMILES string of the molecule is COc1ccc(N(C(C)=O)C2CCN(Cc3cccc(F)c3F)CC2)cc1OC. The van der Waals surface area contributed by atoms with E-state index in [1.165, 1.54) is 6.07 Å². The molecule has 5 nitrogen and oxygen atoms in total. The Kier molecular flexibility index (Phi) is 6.69. The lowest BCUT2D eigenvalue weighted by Crippen LogP contribution is -2.46. The van der Waals surface area contributed by atoms with Gasteiger partial charge in [-0.25, -0.2) is 8.78 Å². The molecule has 0 N–H and O–H groups in total. The number of hydrogen-bond donors (Lipinski definition) is 0. The Balaban J connectivity index is 1.70. The lowest BCUT2D eigenvalue weighted by atomic mass is 10.0. The van der Waals surface area contributed by atoms with Crippen molar-refractivity contribution < 1.29 is 23.0 Å². The molecular weight excluding hydrogens is 378 g/mol. The van der Waals surface area contributed by atoms with Crippen LogP contribution in [0.1, 0.15) is 25.3 Å². The van der Waals surface area contributed by atoms with Crippen LogP contribution in [0.15, 0.2) is 36.4 Å². The van der Waals surface area contributed by atoms with Crippen LogP contribution in [0.5, 0.6) is 11.5 Å². The van der Waals surface area contributed by atoms with E-state index in [1.54, 1.807) is 44.2 Å². The highest BCUT2D eigenvalue weighted by molar-refractivity contribution is 5.92. The molecule has 0 unspecified atom stereocenters. The number of carbonyl (C=O) groups excluding carboxylic acids is 1. The van der Waals surface area contributed by atoms with Gasteiger partial charge in [0, 0.05) is 49.9 Å². The van der Waals surface area contributed by atoms with Crippen molar-refractivity contribution in [3.05, 3.63) is 53.6 Å². The van der Waals surface area contributed by atoms with Gasteiger partial charge in [0.1, 0.15) is 0 Å². The maximum absolute atomic E-state index is 13.9. The van der Waals surface area contributed by atoms with Crippen molar-refractivity contribution >= 4 is 11.6 Å². The van der Waals surface area contributed by atoms with Gasteiger partial charge in [-0.2, -0.15) is 0 Å². The number of amides is 1. The molecule has 2 aromatic carbocycles. The summed E-state index contributed by atoms with van der Waals surface area (Å²) in [5.74, 6) is -0.493. The fourth-order valence-electron chi connectivity index (χ4n) is 3.87. The summed E-state index contributed by atoms with van der Waals surface area (Å²) in [6.07, 6.45) is 1.48. The summed E-state index contributed by atoms with van der Waals surface area (Å²) < 4.78 is 38.0. The molecule has 1 fully saturated rings. The normalized spacial score (nSPS) is 15.2. The molecule has 1 saturated heterocycles. The first kappa shape index (κ1) is 21.0. The molecular formula is C22H26F2N2O3. The predicted molar refractivity (Wildman–Crippen MR) is 107 cm³/mol. The minimum absolute atomic E-state index is 0.0270. The van der Waals surface area contributed by atoms with Gasteiger partial charge in [-0.3, -0.25) is 9.69 Å². The molecule has 156 valence electrons. The van der Waals surface area contributed by atoms with Crippen molar-refractivity contribution in [2.45, 2.75) is 32.4 Å². The van der Waals surface area contributed by atoms with Crippen molar-refractivity contribution in [2.75, 3.05) is 32.2 Å². The van der Waals surface area contributed by atoms with E-state index >= 15 is 0 Å². The first-order valence-electron chi connectivity index (χ1n) is 9.61. The van der Waals surface area contributed by atoms with Crippen molar-refractivity contribution in [2.24, 2.45) is 0 Å². The maximum atomic E-state index is 13.9. The Morgan fingerprint density at radius 1 is 1.10 bits per heavy atom. The lowest BCUT2D eigenvalue weighted by molar-refractivity contribution is -0.117. The smallest absolute Gasteiger partial charge is 0.224 e. The van der Waals surface area contributed by atoms with E-state index in [1.807, 2.05) is 6.07 Å². The Morgan fingerprint density at radius 2 is 1.79 bits per heavy atom. The van der Waals surface area contributed by atoms with E-state index < -0.39 is 11.6 Å². The van der Waals surface area contributed by atoms with Crippen LogP contribution < -0.4 is 14.4 Å². The summed E-state index contributed by atoms with van der Waals surface area (Å²) in [7, 11) is 3.13. The number of anilines is 1. The summed E-state index contributed by atoms with van der Waals surface area (Å²) in [6.45, 7) is 3.29. The average molecular weight is 404 g/mol. The van der Waals surface area contributed by atoms with Crippen LogP contribution in [0.3, 0.4) is 0 Å². The Morgan fingerprint density at radius 3 is 2.41 bits per heavy atom. The number of hydrogen-bond acceptors (Lipinski definition) is 4. The Hall–Kier alpha value is -2.67. The predicted octanol–water partition coefficient (Wildman–Crippen LogP) is 4.00. The number of ether oxygens (including phenoxy) is 2. The van der Waals surface area contributed by atoms with Gasteiger partial charge in [0.2, 0.25) is 5.91 Å². The number of methoxy groups -OCH3 is 2. The van der Waals surface area contributed by atoms with Crippen molar-refractivity contribution in [1.29, 1.82) is 0 Å². The summed E-state index contributed by atoms with van der Waals surface area (Å²) in [5, 5.41) is 0. The van der Waals surface area contributed by atoms with Gasteiger partial charge < -0.3 is 14.4 Å². The van der Waals surface area contributed by atoms with Gasteiger partial charge in [-0.1, -0.05) is 12.1 Å². The molecule has 0 aliphatic carbocycles. The van der Waals surface area contributed by atoms with Crippen molar-refractivity contribution in [3.63, 3.8) is 0 Å². The summed E-state index contributed by atoms with van der Waals surface area (Å²) in [6, 6.07) is 9.71. The van der Waals surface area contributed by atoms with Crippen molar-refractivity contribution in [3.8, 4) is 11.5 Å². The van der Waals surface area contributed by atoms with Gasteiger partial charge in [-0.05, 0) is 31.0 Å². The topological polar surface area (TPSA) is 42.0 Å². The van der Waals surface area contributed by atoms with Crippen LogP contribution in [0, 0.1) is 11.6 Å². The molecule has 0 saturated carbocycles. The number of likely N-dealkylation sites (tertiary alicyclic amines) is 1. The van der Waals surface area contributed by atoms with Crippen LogP contribution in [0.4, 0.5) is 14.5 Å². The first-order chi connectivity index (χ1) is 13.9. The monoisotopic (exact) mass is 404 g/mol. The number of halogens is 2. The third kappa shape index (κ3) is 4.67. The standard InChI is InChI=1S/C22H26F2N2O3/c1-15(27)26(18-7-8-20(28-2)21(13-18)29-3)17-9-11-25(12-10-17)14-16-5-4-6-19(23)22(16)24/h4-8,13,17H,9-12,14H2,1-3H3. The lowest BCUT2D eigenvalue weighted by Gasteiger charge is -2.38. The van der Waals surface area contributed by atoms with E-state index in [0.29, 0.717) is 36.7 Å². The minimum Gasteiger partial charge on any atom is -0.493 e. The number of rotatable bonds is 6. The molecule has 1 heterocycles. The van der Waals surface area contributed by atoms with E-state index in [9.17, 15) is 13.6 Å². The third-order valence-electron chi connectivity index (χ3n) is 5.33. The molecule has 7 heteroatoms. The third-order valence-corrected chi connectivity index (χ3v) is 5.33. The molecule has 2 aromatic rings. The number of nitrogens with zero attached hydrogens (tertiary/aromatic N) is 2. The second-order valence-electron chi connectivity index (χ2n) is 7.15. The number of carbonyl (C=O) groups is 1. The van der Waals surface area contributed by atoms with Crippen LogP contribution >= 0.6 is 0 Å². The van der Waals surface area contributed by atoms with Crippen LogP contribution in [0.2, 0.25) is 0 Å². The number of benzene rings is 2. The molecule has 1 amide bonds. The number of piperidine rings is 1. The van der Waals surface area contributed by atoms with Gasteiger partial charge in [0.05, 0.1) is 14.2 Å². The zero-order chi connectivity index (χ0) is 21.0. The summed E-state index contributed by atoms with van der Waals surface area (Å²) >= 11 is 0. The van der Waals surface area contributed by atoms with Gasteiger partial charge in [-0.15, -0.1) is 0 Å². The van der Waals surface area contributed by atoms with Gasteiger partial charge >= 0.3 is 0 Å². The van der Waals surface area contributed by atoms with E-state index in [4.69, 9.17) is 9.47 Å². The molecule has 0 atom stereocenters. The fourth-order valence-corrected chi connectivity index (χ4v) is 3.87. The molecule has 1 aliphatic rings. The summed E-state index contributed by atoms with van der Waals surface area (Å²) in [4.78, 5) is 16.3. The molecule has 29 heavy (non-hydrogen) atoms. The molecule has 0 aromatic heterocycles. The first-order valence-corrected chi connectivity index (χ1v) is 9.61. The zero-order valence-corrected chi connectivity index (χ0v) is 17.0. The molecule has 0 radical (unpaired) electrons. The van der Waals surface area contributed by atoms with E-state index in [-0.39, 0.29) is 11.9 Å². The van der Waals surface area contributed by atoms with Crippen LogP contribution in [-0.2, 0) is 11.3 Å². The zero-order valence-electron chi connectivity index (χ0n) is 17.0. The molecule has 3 rings (SSSR count). The Bertz CT molecular complexity index is 867. The summed E-state index contributed by atoms with van der Waals surface area (Å²) in [5.41, 5.74) is 1.11. The highest BCUT2D eigenvalue weighted by atomic mass is 19.2. The Labute approximate surface area is 169 Å². The van der Waals surface area contributed by atoms with E-state index in [0.717, 1.165) is 24.6 Å². The minimum atomic E-state index is -0.825. The largest absolute Gasteiger partial charge is 0.493 e. The van der Waals surface area contributed by atoms with Gasteiger partial charge in [0.25, 0.3) is 0 Å². The maximum Gasteiger partial charge on any atom is 0.224 e. The second-order valence-corrected chi connectivity index (χ2v) is 7.15. The fraction of sp³-hybridized carbons (Fsp3) is 0.409. The van der Waals surface area contributed by atoms with Gasteiger partial charge in [0.15, 0.2) is 23.1 Å². The average Bonchev–Trinajstić information content (AvgIpc) is 2.72. The highest BCUT2D eigenvalue weighted by Gasteiger charge is 2.28. The quantitative estimate of drug-likeness (QED) is 0.730. The van der Waals surface area contributed by atoms with Crippen LogP contribution in [-0.4, -0.2) is 44.2 Å². The second kappa shape index (κ2) is 9.22. The van der Waals surface area contributed by atoms with E-state index in [2.05, 4.69) is 4.90 Å². The molecule has 0 spiro atoms. The van der Waals surface area contributed by atoms with Crippen molar-refractivity contribution in [1.82, 2.24) is 4.90 Å². The van der Waals surface area contributed by atoms with Crippen LogP contribution in [0.25, 0.3) is 0 Å². The highest BCUT2D eigenvalue weighted by Crippen LogP contribution is 2.34.